The Bertz CT molecular complexity index is 580. The van der Waals surface area contributed by atoms with Crippen molar-refractivity contribution in [2.45, 2.75) is 88.7 Å². The summed E-state index contributed by atoms with van der Waals surface area (Å²) in [5.41, 5.74) is 0.0403. The lowest BCUT2D eigenvalue weighted by atomic mass is 9.82. The molecular weight excluding hydrogens is 322 g/mol. The minimum Gasteiger partial charge on any atom is -0.463 e. The molecule has 6 heteroatoms. The average Bonchev–Trinajstić information content (AvgIpc) is 3.43. The Labute approximate surface area is 148 Å². The molecule has 0 spiro atoms. The molecule has 0 radical (unpaired) electrons. The molecule has 2 heterocycles. The second-order valence-electron chi connectivity index (χ2n) is 8.82. The maximum atomic E-state index is 12.4. The number of hydrogen-bond acceptors (Lipinski definition) is 5. The molecule has 140 valence electrons. The van der Waals surface area contributed by atoms with Crippen molar-refractivity contribution in [2.75, 3.05) is 6.61 Å². The van der Waals surface area contributed by atoms with Gasteiger partial charge in [-0.3, -0.25) is 9.59 Å². The van der Waals surface area contributed by atoms with Gasteiger partial charge in [0, 0.05) is 5.92 Å². The van der Waals surface area contributed by atoms with Crippen LogP contribution in [0.5, 0.6) is 0 Å². The van der Waals surface area contributed by atoms with Gasteiger partial charge in [-0.1, -0.05) is 0 Å². The lowest BCUT2D eigenvalue weighted by molar-refractivity contribution is -0.150. The summed E-state index contributed by atoms with van der Waals surface area (Å²) < 4.78 is 16.7. The molecule has 7 atom stereocenters. The largest absolute Gasteiger partial charge is 0.463 e. The molecule has 0 aromatic heterocycles. The molecule has 4 aliphatic rings. The number of carbonyl (C=O) groups excluding carboxylic acids is 2. The van der Waals surface area contributed by atoms with Gasteiger partial charge in [-0.15, -0.1) is 0 Å². The highest BCUT2D eigenvalue weighted by Gasteiger charge is 2.57. The zero-order chi connectivity index (χ0) is 17.8. The third-order valence-electron chi connectivity index (χ3n) is 6.61. The van der Waals surface area contributed by atoms with Crippen molar-refractivity contribution in [1.29, 1.82) is 0 Å². The third kappa shape index (κ3) is 3.43. The molecule has 7 unspecified atom stereocenters. The SMILES string of the molecule is CC(COC(=O)C1CCC2(C)OC2C1)NC(=O)C1CCC2(C)OC2C1. The van der Waals surface area contributed by atoms with Gasteiger partial charge < -0.3 is 19.5 Å². The van der Waals surface area contributed by atoms with Crippen molar-refractivity contribution in [1.82, 2.24) is 5.32 Å². The molecule has 2 saturated carbocycles. The van der Waals surface area contributed by atoms with Crippen molar-refractivity contribution in [3.8, 4) is 0 Å². The Hall–Kier alpha value is -1.14. The van der Waals surface area contributed by atoms with E-state index in [9.17, 15) is 9.59 Å². The maximum Gasteiger partial charge on any atom is 0.309 e. The molecule has 4 fully saturated rings. The highest BCUT2D eigenvalue weighted by atomic mass is 16.6. The van der Waals surface area contributed by atoms with Gasteiger partial charge in [-0.05, 0) is 59.3 Å². The number of fused-ring (bicyclic) bond motifs is 2. The summed E-state index contributed by atoms with van der Waals surface area (Å²) in [5.74, 6) is -0.146. The summed E-state index contributed by atoms with van der Waals surface area (Å²) in [6, 6.07) is -0.170. The van der Waals surface area contributed by atoms with Crippen LogP contribution in [0.1, 0.15) is 59.3 Å². The van der Waals surface area contributed by atoms with Gasteiger partial charge in [-0.25, -0.2) is 0 Å². The number of carbonyl (C=O) groups is 2. The highest BCUT2D eigenvalue weighted by molar-refractivity contribution is 5.79. The molecular formula is C19H29NO5. The first-order valence-corrected chi connectivity index (χ1v) is 9.62. The molecule has 4 rings (SSSR count). The first-order chi connectivity index (χ1) is 11.8. The molecule has 6 nitrogen and oxygen atoms in total. The van der Waals surface area contributed by atoms with Gasteiger partial charge in [0.1, 0.15) is 6.61 Å². The molecule has 25 heavy (non-hydrogen) atoms. The molecule has 2 aliphatic heterocycles. The van der Waals surface area contributed by atoms with Crippen LogP contribution in [0.4, 0.5) is 0 Å². The number of amides is 1. The normalized spacial score (nSPS) is 45.6. The van der Waals surface area contributed by atoms with Gasteiger partial charge in [0.15, 0.2) is 0 Å². The number of ether oxygens (including phenoxy) is 3. The summed E-state index contributed by atoms with van der Waals surface area (Å²) in [6.45, 7) is 6.34. The van der Waals surface area contributed by atoms with E-state index in [1.54, 1.807) is 0 Å². The fourth-order valence-corrected chi connectivity index (χ4v) is 4.47. The van der Waals surface area contributed by atoms with Gasteiger partial charge in [-0.2, -0.15) is 0 Å². The van der Waals surface area contributed by atoms with Crippen LogP contribution in [0.2, 0.25) is 0 Å². The zero-order valence-corrected chi connectivity index (χ0v) is 15.4. The summed E-state index contributed by atoms with van der Waals surface area (Å²) >= 11 is 0. The Morgan fingerprint density at radius 2 is 1.64 bits per heavy atom. The van der Waals surface area contributed by atoms with Crippen LogP contribution in [-0.4, -0.2) is 47.9 Å². The number of hydrogen-bond donors (Lipinski definition) is 1. The smallest absolute Gasteiger partial charge is 0.309 e. The average molecular weight is 351 g/mol. The van der Waals surface area contributed by atoms with E-state index in [0.717, 1.165) is 38.5 Å². The first kappa shape index (κ1) is 17.3. The van der Waals surface area contributed by atoms with E-state index in [0.29, 0.717) is 0 Å². The predicted octanol–water partition coefficient (Wildman–Crippen LogP) is 1.95. The molecule has 1 N–H and O–H groups in total. The number of esters is 1. The van der Waals surface area contributed by atoms with Crippen LogP contribution < -0.4 is 5.32 Å². The van der Waals surface area contributed by atoms with Crippen LogP contribution >= 0.6 is 0 Å². The number of epoxide rings is 2. The monoisotopic (exact) mass is 351 g/mol. The Morgan fingerprint density at radius 3 is 2.24 bits per heavy atom. The molecule has 2 saturated heterocycles. The van der Waals surface area contributed by atoms with Crippen LogP contribution in [0.3, 0.4) is 0 Å². The van der Waals surface area contributed by atoms with E-state index in [1.165, 1.54) is 0 Å². The van der Waals surface area contributed by atoms with Crippen molar-refractivity contribution in [2.24, 2.45) is 11.8 Å². The van der Waals surface area contributed by atoms with Crippen LogP contribution in [-0.2, 0) is 23.8 Å². The second kappa shape index (κ2) is 5.95. The van der Waals surface area contributed by atoms with Crippen LogP contribution in [0.25, 0.3) is 0 Å². The summed E-state index contributed by atoms with van der Waals surface area (Å²) in [4.78, 5) is 24.6. The quantitative estimate of drug-likeness (QED) is 0.605. The van der Waals surface area contributed by atoms with Crippen molar-refractivity contribution in [3.63, 3.8) is 0 Å². The van der Waals surface area contributed by atoms with Gasteiger partial charge in [0.25, 0.3) is 0 Å². The van der Waals surface area contributed by atoms with E-state index in [-0.39, 0.29) is 59.8 Å². The Balaban J connectivity index is 1.17. The number of nitrogens with one attached hydrogen (secondary N) is 1. The van der Waals surface area contributed by atoms with Crippen molar-refractivity contribution >= 4 is 11.9 Å². The topological polar surface area (TPSA) is 80.5 Å². The molecule has 0 bridgehead atoms. The van der Waals surface area contributed by atoms with E-state index < -0.39 is 0 Å². The minimum absolute atomic E-state index is 0.0133. The Kier molecular flexibility index (Phi) is 4.11. The predicted molar refractivity (Wildman–Crippen MR) is 89.8 cm³/mol. The third-order valence-corrected chi connectivity index (χ3v) is 6.61. The summed E-state index contributed by atoms with van der Waals surface area (Å²) in [7, 11) is 0. The maximum absolute atomic E-state index is 12.4. The number of rotatable bonds is 5. The van der Waals surface area contributed by atoms with Gasteiger partial charge in [0.2, 0.25) is 5.91 Å². The highest BCUT2D eigenvalue weighted by Crippen LogP contribution is 2.50. The lowest BCUT2D eigenvalue weighted by Crippen LogP contribution is -2.42. The van der Waals surface area contributed by atoms with Gasteiger partial charge in [0.05, 0.1) is 35.4 Å². The van der Waals surface area contributed by atoms with Crippen LogP contribution in [0, 0.1) is 11.8 Å². The Morgan fingerprint density at radius 1 is 1.08 bits per heavy atom. The fourth-order valence-electron chi connectivity index (χ4n) is 4.47. The van der Waals surface area contributed by atoms with Crippen molar-refractivity contribution < 1.29 is 23.8 Å². The fraction of sp³-hybridized carbons (Fsp3) is 0.895. The van der Waals surface area contributed by atoms with E-state index in [4.69, 9.17) is 14.2 Å². The molecule has 2 aliphatic carbocycles. The van der Waals surface area contributed by atoms with Gasteiger partial charge >= 0.3 is 5.97 Å². The molecule has 0 aromatic carbocycles. The second-order valence-corrected chi connectivity index (χ2v) is 8.82. The zero-order valence-electron chi connectivity index (χ0n) is 15.4. The summed E-state index contributed by atoms with van der Waals surface area (Å²) in [5, 5.41) is 2.99. The molecule has 0 aromatic rings. The van der Waals surface area contributed by atoms with E-state index in [2.05, 4.69) is 19.2 Å². The summed E-state index contributed by atoms with van der Waals surface area (Å²) in [6.07, 6.45) is 5.60. The lowest BCUT2D eigenvalue weighted by Gasteiger charge is -2.24. The molecule has 1 amide bonds. The first-order valence-electron chi connectivity index (χ1n) is 9.62. The minimum atomic E-state index is -0.170. The van der Waals surface area contributed by atoms with Crippen molar-refractivity contribution in [3.05, 3.63) is 0 Å². The van der Waals surface area contributed by atoms with E-state index in [1.807, 2.05) is 6.92 Å². The van der Waals surface area contributed by atoms with E-state index >= 15 is 0 Å². The standard InChI is InChI=1S/C19H29NO5/c1-11(20-16(21)12-4-6-18(2)14(8-12)24-18)10-23-17(22)13-5-7-19(3)15(9-13)25-19/h11-15H,4-10H2,1-3H3,(H,20,21). The van der Waals surface area contributed by atoms with Crippen LogP contribution in [0.15, 0.2) is 0 Å².